The number of aromatic nitrogens is 2. The van der Waals surface area contributed by atoms with Crippen molar-refractivity contribution in [2.45, 2.75) is 19.4 Å². The maximum absolute atomic E-state index is 12.1. The zero-order chi connectivity index (χ0) is 13.9. The number of para-hydroxylation sites is 1. The van der Waals surface area contributed by atoms with E-state index in [1.807, 2.05) is 38.1 Å². The van der Waals surface area contributed by atoms with Gasteiger partial charge in [-0.15, -0.1) is 0 Å². The monoisotopic (exact) mass is 259 g/mol. The number of carbonyl (C=O) groups excluding carboxylic acids is 1. The Bertz CT molecular complexity index is 562. The van der Waals surface area contributed by atoms with Gasteiger partial charge in [-0.05, 0) is 26.0 Å². The first-order valence-electron chi connectivity index (χ1n) is 6.00. The number of nitrogens with one attached hydrogen (secondary N) is 2. The largest absolute Gasteiger partial charge is 0.496 e. The Morgan fingerprint density at radius 3 is 2.68 bits per heavy atom. The maximum atomic E-state index is 12.1. The molecular weight excluding hydrogens is 242 g/mol. The first kappa shape index (κ1) is 13.1. The van der Waals surface area contributed by atoms with Crippen molar-refractivity contribution in [3.05, 3.63) is 47.8 Å². The summed E-state index contributed by atoms with van der Waals surface area (Å²) < 4.78 is 5.33. The number of H-pyrrole nitrogens is 1. The third-order valence-electron chi connectivity index (χ3n) is 2.95. The first-order chi connectivity index (χ1) is 9.04. The number of carbonyl (C=O) groups is 1. The molecule has 0 aliphatic carbocycles. The number of rotatable bonds is 4. The molecular formula is C14H17N3O2. The minimum absolute atomic E-state index is 0.201. The second kappa shape index (κ2) is 5.14. The molecule has 1 aromatic carbocycles. The lowest BCUT2D eigenvalue weighted by atomic mass is 9.93. The third-order valence-corrected chi connectivity index (χ3v) is 2.95. The number of nitrogens with zero attached hydrogens (tertiary/aromatic N) is 1. The van der Waals surface area contributed by atoms with Crippen molar-refractivity contribution in [2.24, 2.45) is 0 Å². The molecule has 1 aromatic heterocycles. The summed E-state index contributed by atoms with van der Waals surface area (Å²) in [5, 5.41) is 9.37. The van der Waals surface area contributed by atoms with Gasteiger partial charge in [0, 0.05) is 11.8 Å². The summed E-state index contributed by atoms with van der Waals surface area (Å²) in [5.41, 5.74) is 0.808. The normalized spacial score (nSPS) is 11.1. The Hall–Kier alpha value is -2.30. The first-order valence-corrected chi connectivity index (χ1v) is 6.00. The van der Waals surface area contributed by atoms with Crippen molar-refractivity contribution in [1.29, 1.82) is 0 Å². The highest BCUT2D eigenvalue weighted by atomic mass is 16.5. The molecule has 2 rings (SSSR count). The van der Waals surface area contributed by atoms with Gasteiger partial charge in [0.2, 0.25) is 0 Å². The average Bonchev–Trinajstić information content (AvgIpc) is 2.92. The predicted octanol–water partition coefficient (Wildman–Crippen LogP) is 2.08. The molecule has 5 heteroatoms. The molecule has 0 spiro atoms. The van der Waals surface area contributed by atoms with E-state index >= 15 is 0 Å². The predicted molar refractivity (Wildman–Crippen MR) is 72.1 cm³/mol. The van der Waals surface area contributed by atoms with Crippen LogP contribution in [0.15, 0.2) is 36.5 Å². The van der Waals surface area contributed by atoms with Crippen molar-refractivity contribution in [3.8, 4) is 5.75 Å². The van der Waals surface area contributed by atoms with Crippen LogP contribution in [0, 0.1) is 0 Å². The maximum Gasteiger partial charge on any atom is 0.269 e. The van der Waals surface area contributed by atoms with Gasteiger partial charge in [0.1, 0.15) is 11.4 Å². The van der Waals surface area contributed by atoms with Crippen LogP contribution in [-0.4, -0.2) is 23.2 Å². The number of amides is 1. The highest BCUT2D eigenvalue weighted by Crippen LogP contribution is 2.29. The quantitative estimate of drug-likeness (QED) is 0.883. The zero-order valence-corrected chi connectivity index (χ0v) is 11.2. The molecule has 100 valence electrons. The second-order valence-corrected chi connectivity index (χ2v) is 4.75. The fourth-order valence-electron chi connectivity index (χ4n) is 1.96. The van der Waals surface area contributed by atoms with Crippen molar-refractivity contribution < 1.29 is 9.53 Å². The minimum Gasteiger partial charge on any atom is -0.496 e. The molecule has 5 nitrogen and oxygen atoms in total. The topological polar surface area (TPSA) is 67.0 Å². The summed E-state index contributed by atoms with van der Waals surface area (Å²) in [6, 6.07) is 9.26. The number of aromatic amines is 1. The van der Waals surface area contributed by atoms with E-state index in [1.165, 1.54) is 0 Å². The Morgan fingerprint density at radius 1 is 1.32 bits per heavy atom. The van der Waals surface area contributed by atoms with Gasteiger partial charge in [-0.1, -0.05) is 18.2 Å². The number of ether oxygens (including phenoxy) is 1. The van der Waals surface area contributed by atoms with Crippen LogP contribution in [0.3, 0.4) is 0 Å². The second-order valence-electron chi connectivity index (χ2n) is 4.75. The van der Waals surface area contributed by atoms with Crippen LogP contribution in [0.5, 0.6) is 5.75 Å². The molecule has 0 bridgehead atoms. The molecule has 2 N–H and O–H groups in total. The highest BCUT2D eigenvalue weighted by Gasteiger charge is 2.26. The van der Waals surface area contributed by atoms with Crippen molar-refractivity contribution in [2.75, 3.05) is 7.11 Å². The molecule has 0 aliphatic heterocycles. The van der Waals surface area contributed by atoms with Crippen LogP contribution in [0.2, 0.25) is 0 Å². The minimum atomic E-state index is -0.547. The van der Waals surface area contributed by atoms with E-state index in [0.29, 0.717) is 5.69 Å². The van der Waals surface area contributed by atoms with Crippen molar-refractivity contribution in [1.82, 2.24) is 15.5 Å². The van der Waals surface area contributed by atoms with E-state index in [2.05, 4.69) is 15.5 Å². The molecule has 2 aromatic rings. The summed E-state index contributed by atoms with van der Waals surface area (Å²) in [5.74, 6) is 0.547. The van der Waals surface area contributed by atoms with Gasteiger partial charge in [-0.2, -0.15) is 5.10 Å². The molecule has 0 fully saturated rings. The Morgan fingerprint density at radius 2 is 2.05 bits per heavy atom. The zero-order valence-electron chi connectivity index (χ0n) is 11.2. The van der Waals surface area contributed by atoms with Gasteiger partial charge in [0.05, 0.1) is 12.6 Å². The third kappa shape index (κ3) is 2.76. The summed E-state index contributed by atoms with van der Waals surface area (Å²) >= 11 is 0. The van der Waals surface area contributed by atoms with Gasteiger partial charge in [0.25, 0.3) is 5.91 Å². The summed E-state index contributed by atoms with van der Waals surface area (Å²) in [6.07, 6.45) is 1.55. The molecule has 0 saturated heterocycles. The fourth-order valence-corrected chi connectivity index (χ4v) is 1.96. The number of benzene rings is 1. The summed E-state index contributed by atoms with van der Waals surface area (Å²) in [6.45, 7) is 3.86. The standard InChI is InChI=1S/C14H17N3O2/c1-14(2,10-6-4-5-7-12(10)19-3)16-13(18)11-8-9-15-17-11/h4-9H,1-3H3,(H,15,17)(H,16,18). The van der Waals surface area contributed by atoms with Gasteiger partial charge in [-0.25, -0.2) is 0 Å². The SMILES string of the molecule is COc1ccccc1C(C)(C)NC(=O)c1ccn[nH]1. The van der Waals surface area contributed by atoms with E-state index in [0.717, 1.165) is 11.3 Å². The van der Waals surface area contributed by atoms with Gasteiger partial charge < -0.3 is 10.1 Å². The molecule has 0 radical (unpaired) electrons. The summed E-state index contributed by atoms with van der Waals surface area (Å²) in [4.78, 5) is 12.1. The molecule has 0 atom stereocenters. The van der Waals surface area contributed by atoms with E-state index in [9.17, 15) is 4.79 Å². The van der Waals surface area contributed by atoms with Gasteiger partial charge in [-0.3, -0.25) is 9.89 Å². The lowest BCUT2D eigenvalue weighted by molar-refractivity contribution is 0.0906. The van der Waals surface area contributed by atoms with Crippen LogP contribution in [-0.2, 0) is 5.54 Å². The van der Waals surface area contributed by atoms with E-state index < -0.39 is 5.54 Å². The smallest absolute Gasteiger partial charge is 0.269 e. The Labute approximate surface area is 112 Å². The molecule has 0 aliphatic rings. The molecule has 0 unspecified atom stereocenters. The molecule has 1 amide bonds. The number of hydrogen-bond acceptors (Lipinski definition) is 3. The van der Waals surface area contributed by atoms with E-state index in [-0.39, 0.29) is 5.91 Å². The van der Waals surface area contributed by atoms with Gasteiger partial charge >= 0.3 is 0 Å². The Kier molecular flexibility index (Phi) is 3.55. The van der Waals surface area contributed by atoms with Crippen molar-refractivity contribution in [3.63, 3.8) is 0 Å². The molecule has 0 saturated carbocycles. The van der Waals surface area contributed by atoms with E-state index in [4.69, 9.17) is 4.74 Å². The van der Waals surface area contributed by atoms with Crippen LogP contribution in [0.4, 0.5) is 0 Å². The average molecular weight is 259 g/mol. The molecule has 19 heavy (non-hydrogen) atoms. The highest BCUT2D eigenvalue weighted by molar-refractivity contribution is 5.92. The Balaban J connectivity index is 2.25. The van der Waals surface area contributed by atoms with Crippen molar-refractivity contribution >= 4 is 5.91 Å². The fraction of sp³-hybridized carbons (Fsp3) is 0.286. The summed E-state index contributed by atoms with van der Waals surface area (Å²) in [7, 11) is 1.62. The van der Waals surface area contributed by atoms with E-state index in [1.54, 1.807) is 19.4 Å². The lowest BCUT2D eigenvalue weighted by Crippen LogP contribution is -2.41. The number of hydrogen-bond donors (Lipinski definition) is 2. The van der Waals surface area contributed by atoms with Crippen LogP contribution >= 0.6 is 0 Å². The van der Waals surface area contributed by atoms with Crippen LogP contribution in [0.25, 0.3) is 0 Å². The lowest BCUT2D eigenvalue weighted by Gasteiger charge is -2.28. The number of methoxy groups -OCH3 is 1. The molecule has 1 heterocycles. The van der Waals surface area contributed by atoms with Crippen LogP contribution < -0.4 is 10.1 Å². The van der Waals surface area contributed by atoms with Crippen LogP contribution in [0.1, 0.15) is 29.9 Å². The van der Waals surface area contributed by atoms with Gasteiger partial charge in [0.15, 0.2) is 0 Å².